The van der Waals surface area contributed by atoms with Crippen LogP contribution in [0.1, 0.15) is 43.0 Å². The Hall–Kier alpha value is -2.15. The van der Waals surface area contributed by atoms with Crippen molar-refractivity contribution in [2.45, 2.75) is 38.1 Å². The van der Waals surface area contributed by atoms with Gasteiger partial charge in [-0.2, -0.15) is 0 Å². The van der Waals surface area contributed by atoms with Crippen LogP contribution in [0.15, 0.2) is 18.2 Å². The molecule has 1 atom stereocenters. The number of carbonyl (C=O) groups is 1. The fourth-order valence-corrected chi connectivity index (χ4v) is 3.41. The van der Waals surface area contributed by atoms with Gasteiger partial charge in [0.1, 0.15) is 5.69 Å². The molecule has 24 heavy (non-hydrogen) atoms. The third-order valence-electron chi connectivity index (χ3n) is 5.18. The Morgan fingerprint density at radius 3 is 2.62 bits per heavy atom. The lowest BCUT2D eigenvalue weighted by Gasteiger charge is -2.29. The van der Waals surface area contributed by atoms with E-state index in [1.807, 2.05) is 11.8 Å². The molecule has 3 rings (SSSR count). The van der Waals surface area contributed by atoms with Gasteiger partial charge >= 0.3 is 0 Å². The Kier molecular flexibility index (Phi) is 4.45. The van der Waals surface area contributed by atoms with Gasteiger partial charge in [0.05, 0.1) is 10.5 Å². The SMILES string of the molecule is CC(CN)(NC(=O)c1ccc(N2CCCC2)c([N+](=O)[O-])c1)C1CC1. The van der Waals surface area contributed by atoms with Crippen LogP contribution < -0.4 is 16.0 Å². The lowest BCUT2D eigenvalue weighted by Crippen LogP contribution is -2.53. The molecule has 1 heterocycles. The number of amides is 1. The molecule has 1 unspecified atom stereocenters. The number of hydrogen-bond donors (Lipinski definition) is 2. The number of anilines is 1. The van der Waals surface area contributed by atoms with Crippen LogP contribution in [-0.4, -0.2) is 36.0 Å². The average Bonchev–Trinajstić information content (AvgIpc) is 3.30. The maximum atomic E-state index is 12.6. The van der Waals surface area contributed by atoms with Gasteiger partial charge in [-0.3, -0.25) is 14.9 Å². The molecule has 0 bridgehead atoms. The molecule has 2 aliphatic rings. The molecule has 130 valence electrons. The minimum absolute atomic E-state index is 0.00887. The highest BCUT2D eigenvalue weighted by Crippen LogP contribution is 2.39. The number of nitrogens with two attached hydrogens (primary N) is 1. The second kappa shape index (κ2) is 6.39. The van der Waals surface area contributed by atoms with Gasteiger partial charge in [0.15, 0.2) is 0 Å². The van der Waals surface area contributed by atoms with Crippen LogP contribution in [0.5, 0.6) is 0 Å². The molecule has 1 amide bonds. The summed E-state index contributed by atoms with van der Waals surface area (Å²) >= 11 is 0. The van der Waals surface area contributed by atoms with Gasteiger partial charge in [-0.1, -0.05) is 0 Å². The van der Waals surface area contributed by atoms with Gasteiger partial charge in [0.25, 0.3) is 11.6 Å². The van der Waals surface area contributed by atoms with Crippen molar-refractivity contribution in [2.24, 2.45) is 11.7 Å². The van der Waals surface area contributed by atoms with Gasteiger partial charge < -0.3 is 16.0 Å². The normalized spacial score (nSPS) is 19.8. The summed E-state index contributed by atoms with van der Waals surface area (Å²) in [6, 6.07) is 4.74. The van der Waals surface area contributed by atoms with E-state index in [4.69, 9.17) is 5.73 Å². The smallest absolute Gasteiger partial charge is 0.293 e. The van der Waals surface area contributed by atoms with Crippen molar-refractivity contribution in [1.29, 1.82) is 0 Å². The first-order chi connectivity index (χ1) is 11.4. The van der Waals surface area contributed by atoms with Gasteiger partial charge in [-0.15, -0.1) is 0 Å². The Morgan fingerprint density at radius 1 is 1.42 bits per heavy atom. The van der Waals surface area contributed by atoms with Crippen molar-refractivity contribution in [1.82, 2.24) is 5.32 Å². The summed E-state index contributed by atoms with van der Waals surface area (Å²) in [6.45, 7) is 3.94. The zero-order valence-electron chi connectivity index (χ0n) is 14.0. The van der Waals surface area contributed by atoms with E-state index in [9.17, 15) is 14.9 Å². The Balaban J connectivity index is 1.84. The summed E-state index contributed by atoms with van der Waals surface area (Å²) in [5, 5.41) is 14.4. The van der Waals surface area contributed by atoms with Crippen LogP contribution in [0, 0.1) is 16.0 Å². The van der Waals surface area contributed by atoms with E-state index in [0.717, 1.165) is 38.8 Å². The highest BCUT2D eigenvalue weighted by atomic mass is 16.6. The maximum Gasteiger partial charge on any atom is 0.293 e. The predicted octanol–water partition coefficient (Wildman–Crippen LogP) is 2.05. The molecular formula is C17H24N4O3. The van der Waals surface area contributed by atoms with Crippen molar-refractivity contribution >= 4 is 17.3 Å². The minimum Gasteiger partial charge on any atom is -0.366 e. The molecule has 0 radical (unpaired) electrons. The minimum atomic E-state index is -0.445. The number of nitrogens with zero attached hydrogens (tertiary/aromatic N) is 2. The zero-order valence-corrected chi connectivity index (χ0v) is 14.0. The van der Waals surface area contributed by atoms with E-state index in [1.165, 1.54) is 6.07 Å². The number of carbonyl (C=O) groups excluding carboxylic acids is 1. The topological polar surface area (TPSA) is 102 Å². The molecule has 1 saturated carbocycles. The van der Waals surface area contributed by atoms with Crippen molar-refractivity contribution < 1.29 is 9.72 Å². The summed E-state index contributed by atoms with van der Waals surface area (Å²) in [5.41, 5.74) is 6.28. The number of nitro groups is 1. The monoisotopic (exact) mass is 332 g/mol. The number of nitrogens with one attached hydrogen (secondary N) is 1. The van der Waals surface area contributed by atoms with E-state index in [2.05, 4.69) is 5.32 Å². The van der Waals surface area contributed by atoms with E-state index >= 15 is 0 Å². The molecule has 1 aliphatic carbocycles. The van der Waals surface area contributed by atoms with Gasteiger partial charge in [0, 0.05) is 31.3 Å². The summed E-state index contributed by atoms with van der Waals surface area (Å²) in [7, 11) is 0. The van der Waals surface area contributed by atoms with E-state index in [-0.39, 0.29) is 11.6 Å². The lowest BCUT2D eigenvalue weighted by molar-refractivity contribution is -0.384. The molecule has 7 nitrogen and oxygen atoms in total. The summed E-state index contributed by atoms with van der Waals surface area (Å²) in [5.74, 6) is 0.0937. The van der Waals surface area contributed by atoms with Gasteiger partial charge in [0.2, 0.25) is 0 Å². The summed E-state index contributed by atoms with van der Waals surface area (Å²) in [4.78, 5) is 25.6. The Morgan fingerprint density at radius 2 is 2.08 bits per heavy atom. The molecule has 7 heteroatoms. The van der Waals surface area contributed by atoms with Gasteiger partial charge in [-0.25, -0.2) is 0 Å². The van der Waals surface area contributed by atoms with Crippen LogP contribution in [0.25, 0.3) is 0 Å². The Bertz CT molecular complexity index is 653. The van der Waals surface area contributed by atoms with Crippen LogP contribution >= 0.6 is 0 Å². The van der Waals surface area contributed by atoms with Crippen molar-refractivity contribution in [3.8, 4) is 0 Å². The number of rotatable bonds is 6. The van der Waals surface area contributed by atoms with Crippen LogP contribution in [0.3, 0.4) is 0 Å². The molecule has 2 fully saturated rings. The fraction of sp³-hybridized carbons (Fsp3) is 0.588. The summed E-state index contributed by atoms with van der Waals surface area (Å²) in [6.07, 6.45) is 4.19. The molecule has 0 aromatic heterocycles. The van der Waals surface area contributed by atoms with Gasteiger partial charge in [-0.05, 0) is 50.7 Å². The average molecular weight is 332 g/mol. The summed E-state index contributed by atoms with van der Waals surface area (Å²) < 4.78 is 0. The molecule has 1 aromatic rings. The quantitative estimate of drug-likeness (QED) is 0.613. The predicted molar refractivity (Wildman–Crippen MR) is 92.2 cm³/mol. The first kappa shape index (κ1) is 16.7. The first-order valence-electron chi connectivity index (χ1n) is 8.50. The van der Waals surface area contributed by atoms with Crippen molar-refractivity contribution in [3.05, 3.63) is 33.9 Å². The number of benzene rings is 1. The molecule has 1 aliphatic heterocycles. The van der Waals surface area contributed by atoms with E-state index < -0.39 is 10.5 Å². The maximum absolute atomic E-state index is 12.6. The molecular weight excluding hydrogens is 308 g/mol. The second-order valence-electron chi connectivity index (χ2n) is 7.00. The number of nitro benzene ring substituents is 1. The van der Waals surface area contributed by atoms with E-state index in [1.54, 1.807) is 12.1 Å². The molecule has 1 aromatic carbocycles. The fourth-order valence-electron chi connectivity index (χ4n) is 3.41. The zero-order chi connectivity index (χ0) is 17.3. The second-order valence-corrected chi connectivity index (χ2v) is 7.00. The third kappa shape index (κ3) is 3.21. The van der Waals surface area contributed by atoms with Crippen molar-refractivity contribution in [3.63, 3.8) is 0 Å². The van der Waals surface area contributed by atoms with Crippen LogP contribution in [0.4, 0.5) is 11.4 Å². The van der Waals surface area contributed by atoms with Crippen molar-refractivity contribution in [2.75, 3.05) is 24.5 Å². The highest BCUT2D eigenvalue weighted by molar-refractivity contribution is 5.96. The molecule has 3 N–H and O–H groups in total. The van der Waals surface area contributed by atoms with Crippen LogP contribution in [0.2, 0.25) is 0 Å². The largest absolute Gasteiger partial charge is 0.366 e. The first-order valence-corrected chi connectivity index (χ1v) is 8.50. The molecule has 1 saturated heterocycles. The standard InChI is InChI=1S/C17H24N4O3/c1-17(11-18,13-5-6-13)19-16(22)12-4-7-14(15(10-12)21(23)24)20-8-2-3-9-20/h4,7,10,13H,2-3,5-6,8-9,11,18H2,1H3,(H,19,22). The van der Waals surface area contributed by atoms with Crippen LogP contribution in [-0.2, 0) is 0 Å². The lowest BCUT2D eigenvalue weighted by atomic mass is 9.95. The van der Waals surface area contributed by atoms with E-state index in [0.29, 0.717) is 23.7 Å². The molecule has 0 spiro atoms. The highest BCUT2D eigenvalue weighted by Gasteiger charge is 2.41. The number of hydrogen-bond acceptors (Lipinski definition) is 5. The third-order valence-corrected chi connectivity index (χ3v) is 5.18. The Labute approximate surface area is 141 Å².